The van der Waals surface area contributed by atoms with Gasteiger partial charge in [0.05, 0.1) is 11.1 Å². The Kier molecular flexibility index (Phi) is 3.70. The Hall–Kier alpha value is -1.14. The molecule has 0 bridgehead atoms. The van der Waals surface area contributed by atoms with Crippen LogP contribution in [0.2, 0.25) is 0 Å². The van der Waals surface area contributed by atoms with E-state index in [1.165, 1.54) is 10.4 Å². The monoisotopic (exact) mass is 293 g/mol. The summed E-state index contributed by atoms with van der Waals surface area (Å²) in [5.74, 6) is 2.25. The Balaban J connectivity index is 1.91. The molecule has 100 valence electrons. The summed E-state index contributed by atoms with van der Waals surface area (Å²) in [4.78, 5) is 14.7. The number of fused-ring (bicyclic) bond motifs is 1. The molecule has 0 saturated carbocycles. The van der Waals surface area contributed by atoms with Crippen LogP contribution >= 0.6 is 23.1 Å². The topological polar surface area (TPSA) is 47.8 Å². The van der Waals surface area contributed by atoms with Gasteiger partial charge in [0.15, 0.2) is 0 Å². The first-order valence-corrected chi connectivity index (χ1v) is 8.39. The summed E-state index contributed by atoms with van der Waals surface area (Å²) in [5.41, 5.74) is 1.94. The van der Waals surface area contributed by atoms with Gasteiger partial charge in [0.2, 0.25) is 5.78 Å². The molecule has 0 amide bonds. The van der Waals surface area contributed by atoms with E-state index in [4.69, 9.17) is 0 Å². The number of ketones is 1. The van der Waals surface area contributed by atoms with Crippen molar-refractivity contribution in [1.82, 2.24) is 15.0 Å². The van der Waals surface area contributed by atoms with Crippen LogP contribution in [0.4, 0.5) is 0 Å². The van der Waals surface area contributed by atoms with Crippen LogP contribution in [0, 0.1) is 0 Å². The third-order valence-electron chi connectivity index (χ3n) is 3.14. The van der Waals surface area contributed by atoms with E-state index in [0.717, 1.165) is 35.8 Å². The molecule has 3 rings (SSSR count). The third kappa shape index (κ3) is 2.47. The van der Waals surface area contributed by atoms with Crippen LogP contribution in [-0.2, 0) is 18.7 Å². The number of rotatable bonds is 4. The van der Waals surface area contributed by atoms with Gasteiger partial charge in [-0.2, -0.15) is 11.8 Å². The van der Waals surface area contributed by atoms with Crippen LogP contribution in [0.15, 0.2) is 12.3 Å². The summed E-state index contributed by atoms with van der Waals surface area (Å²) in [5, 5.41) is 7.84. The lowest BCUT2D eigenvalue weighted by atomic mass is 10.2. The molecule has 1 aliphatic heterocycles. The van der Waals surface area contributed by atoms with Gasteiger partial charge in [0, 0.05) is 17.2 Å². The first kappa shape index (κ1) is 12.9. The zero-order valence-corrected chi connectivity index (χ0v) is 12.4. The summed E-state index contributed by atoms with van der Waals surface area (Å²) in [6.45, 7) is 2.80. The lowest BCUT2D eigenvalue weighted by Gasteiger charge is -2.08. The molecule has 1 aliphatic rings. The SMILES string of the molecule is CCCn1nncc1C(=O)c1cc2c(s1)CCSC2. The molecule has 4 nitrogen and oxygen atoms in total. The van der Waals surface area contributed by atoms with E-state index >= 15 is 0 Å². The highest BCUT2D eigenvalue weighted by atomic mass is 32.2. The number of hydrogen-bond donors (Lipinski definition) is 0. The van der Waals surface area contributed by atoms with E-state index in [0.29, 0.717) is 5.69 Å². The van der Waals surface area contributed by atoms with Crippen molar-refractivity contribution in [2.45, 2.75) is 32.1 Å². The second-order valence-corrected chi connectivity index (χ2v) is 6.78. The first-order chi connectivity index (χ1) is 9.29. The maximum Gasteiger partial charge on any atom is 0.222 e. The highest BCUT2D eigenvalue weighted by molar-refractivity contribution is 7.98. The Labute approximate surface area is 120 Å². The van der Waals surface area contributed by atoms with Crippen molar-refractivity contribution < 1.29 is 4.79 Å². The van der Waals surface area contributed by atoms with Gasteiger partial charge < -0.3 is 0 Å². The molecule has 0 N–H and O–H groups in total. The van der Waals surface area contributed by atoms with Gasteiger partial charge in [-0.25, -0.2) is 4.68 Å². The molecule has 19 heavy (non-hydrogen) atoms. The fraction of sp³-hybridized carbons (Fsp3) is 0.462. The van der Waals surface area contributed by atoms with E-state index in [-0.39, 0.29) is 5.78 Å². The van der Waals surface area contributed by atoms with Gasteiger partial charge in [0.1, 0.15) is 5.69 Å². The van der Waals surface area contributed by atoms with E-state index in [1.807, 2.05) is 11.8 Å². The van der Waals surface area contributed by atoms with Gasteiger partial charge in [-0.1, -0.05) is 12.1 Å². The zero-order valence-electron chi connectivity index (χ0n) is 10.8. The lowest BCUT2D eigenvalue weighted by Crippen LogP contribution is -2.10. The Morgan fingerprint density at radius 2 is 2.42 bits per heavy atom. The normalized spacial score (nSPS) is 14.4. The third-order valence-corrected chi connectivity index (χ3v) is 5.38. The van der Waals surface area contributed by atoms with Crippen LogP contribution in [0.5, 0.6) is 0 Å². The lowest BCUT2D eigenvalue weighted by molar-refractivity contribution is 0.103. The first-order valence-electron chi connectivity index (χ1n) is 6.42. The number of carbonyl (C=O) groups excluding carboxylic acids is 1. The van der Waals surface area contributed by atoms with Crippen molar-refractivity contribution >= 4 is 28.9 Å². The van der Waals surface area contributed by atoms with E-state index in [9.17, 15) is 4.79 Å². The molecule has 2 aromatic heterocycles. The van der Waals surface area contributed by atoms with Crippen LogP contribution in [0.25, 0.3) is 0 Å². The molecule has 0 spiro atoms. The predicted octanol–water partition coefficient (Wildman–Crippen LogP) is 2.77. The standard InChI is InChI=1S/C13H15N3OS2/c1-2-4-16-10(7-14-15-16)13(17)12-6-9-8-18-5-3-11(9)19-12/h6-7H,2-5,8H2,1H3. The van der Waals surface area contributed by atoms with Crippen molar-refractivity contribution in [3.63, 3.8) is 0 Å². The molecule has 0 atom stereocenters. The molecule has 0 aromatic carbocycles. The van der Waals surface area contributed by atoms with E-state index in [2.05, 4.69) is 23.3 Å². The smallest absolute Gasteiger partial charge is 0.222 e. The molecule has 0 unspecified atom stereocenters. The molecule has 2 aromatic rings. The van der Waals surface area contributed by atoms with Gasteiger partial charge in [0.25, 0.3) is 0 Å². The maximum absolute atomic E-state index is 12.5. The number of nitrogens with zero attached hydrogens (tertiary/aromatic N) is 3. The summed E-state index contributed by atoms with van der Waals surface area (Å²) < 4.78 is 1.70. The summed E-state index contributed by atoms with van der Waals surface area (Å²) in [7, 11) is 0. The molecular weight excluding hydrogens is 278 g/mol. The summed E-state index contributed by atoms with van der Waals surface area (Å²) in [6.07, 6.45) is 3.61. The van der Waals surface area contributed by atoms with Crippen molar-refractivity contribution in [3.8, 4) is 0 Å². The van der Waals surface area contributed by atoms with Gasteiger partial charge in [-0.15, -0.1) is 16.4 Å². The molecule has 0 fully saturated rings. The minimum absolute atomic E-state index is 0.0582. The molecule has 3 heterocycles. The molecule has 0 saturated heterocycles. The molecule has 0 radical (unpaired) electrons. The number of thioether (sulfide) groups is 1. The molecule has 0 aliphatic carbocycles. The average Bonchev–Trinajstić information content (AvgIpc) is 3.04. The average molecular weight is 293 g/mol. The Morgan fingerprint density at radius 3 is 3.21 bits per heavy atom. The van der Waals surface area contributed by atoms with Crippen molar-refractivity contribution in [1.29, 1.82) is 0 Å². The molecule has 6 heteroatoms. The van der Waals surface area contributed by atoms with Crippen LogP contribution in [-0.4, -0.2) is 26.5 Å². The molecular formula is C13H15N3OS2. The predicted molar refractivity (Wildman–Crippen MR) is 77.9 cm³/mol. The fourth-order valence-electron chi connectivity index (χ4n) is 2.20. The van der Waals surface area contributed by atoms with Crippen LogP contribution in [0.3, 0.4) is 0 Å². The quantitative estimate of drug-likeness (QED) is 0.813. The van der Waals surface area contributed by atoms with Crippen LogP contribution in [0.1, 0.15) is 39.2 Å². The highest BCUT2D eigenvalue weighted by Gasteiger charge is 2.21. The second kappa shape index (κ2) is 5.46. The van der Waals surface area contributed by atoms with Gasteiger partial charge in [-0.05, 0) is 30.2 Å². The maximum atomic E-state index is 12.5. The van der Waals surface area contributed by atoms with E-state index < -0.39 is 0 Å². The number of carbonyl (C=O) groups is 1. The number of aryl methyl sites for hydroxylation is 2. The summed E-state index contributed by atoms with van der Waals surface area (Å²) in [6, 6.07) is 2.05. The Morgan fingerprint density at radius 1 is 1.53 bits per heavy atom. The van der Waals surface area contributed by atoms with E-state index in [1.54, 1.807) is 22.2 Å². The van der Waals surface area contributed by atoms with Crippen molar-refractivity contribution in [2.75, 3.05) is 5.75 Å². The minimum atomic E-state index is 0.0582. The zero-order chi connectivity index (χ0) is 13.2. The van der Waals surface area contributed by atoms with Gasteiger partial charge >= 0.3 is 0 Å². The minimum Gasteiger partial charge on any atom is -0.286 e. The van der Waals surface area contributed by atoms with Crippen molar-refractivity contribution in [3.05, 3.63) is 33.3 Å². The van der Waals surface area contributed by atoms with Crippen LogP contribution < -0.4 is 0 Å². The second-order valence-electron chi connectivity index (χ2n) is 4.53. The summed E-state index contributed by atoms with van der Waals surface area (Å²) >= 11 is 3.57. The fourth-order valence-corrected chi connectivity index (χ4v) is 4.52. The Bertz CT molecular complexity index is 579. The largest absolute Gasteiger partial charge is 0.286 e. The number of aromatic nitrogens is 3. The van der Waals surface area contributed by atoms with Crippen molar-refractivity contribution in [2.24, 2.45) is 0 Å². The number of thiophene rings is 1. The number of hydrogen-bond acceptors (Lipinski definition) is 5. The van der Waals surface area contributed by atoms with Gasteiger partial charge in [-0.3, -0.25) is 4.79 Å². The highest BCUT2D eigenvalue weighted by Crippen LogP contribution is 2.32.